The van der Waals surface area contributed by atoms with E-state index in [1.54, 1.807) is 0 Å². The lowest BCUT2D eigenvalue weighted by atomic mass is 9.91. The van der Waals surface area contributed by atoms with E-state index in [-0.39, 0.29) is 52.8 Å². The van der Waals surface area contributed by atoms with Crippen molar-refractivity contribution in [2.75, 3.05) is 38.4 Å². The summed E-state index contributed by atoms with van der Waals surface area (Å²) < 4.78 is 93.2. The first-order chi connectivity index (χ1) is 16.9. The Morgan fingerprint density at radius 1 is 1.19 bits per heavy atom. The molecule has 2 aromatic rings. The molecule has 4 rings (SSSR count). The van der Waals surface area contributed by atoms with E-state index in [1.165, 1.54) is 25.6 Å². The predicted molar refractivity (Wildman–Crippen MR) is 121 cm³/mol. The highest BCUT2D eigenvalue weighted by Crippen LogP contribution is 2.37. The number of hydrogen-bond acceptors (Lipinski definition) is 9. The highest BCUT2D eigenvalue weighted by molar-refractivity contribution is 7.90. The molecular weight excluding hydrogens is 508 g/mol. The van der Waals surface area contributed by atoms with E-state index in [2.05, 4.69) is 15.3 Å². The first-order valence-corrected chi connectivity index (χ1v) is 13.1. The van der Waals surface area contributed by atoms with Crippen LogP contribution in [0.2, 0.25) is 0 Å². The number of benzene rings is 1. The average molecular weight is 535 g/mol. The minimum Gasteiger partial charge on any atom is -0.489 e. The van der Waals surface area contributed by atoms with Gasteiger partial charge in [-0.15, -0.1) is 0 Å². The Bertz CT molecular complexity index is 1180. The van der Waals surface area contributed by atoms with Crippen LogP contribution in [-0.2, 0) is 14.6 Å². The second-order valence-electron chi connectivity index (χ2n) is 8.76. The molecule has 0 radical (unpaired) electrons. The van der Waals surface area contributed by atoms with E-state index in [9.17, 15) is 26.0 Å². The molecule has 1 unspecified atom stereocenters. The van der Waals surface area contributed by atoms with Crippen LogP contribution < -0.4 is 14.8 Å². The van der Waals surface area contributed by atoms with Gasteiger partial charge in [0.05, 0.1) is 37.3 Å². The quantitative estimate of drug-likeness (QED) is 0.511. The van der Waals surface area contributed by atoms with Gasteiger partial charge in [0.2, 0.25) is 5.75 Å². The van der Waals surface area contributed by atoms with Crippen LogP contribution >= 0.6 is 0 Å². The number of rotatable bonds is 8. The molecule has 2 aliphatic heterocycles. The Hall–Kier alpha value is -2.71. The molecule has 0 spiro atoms. The molecule has 0 aliphatic carbocycles. The SMILES string of the molecule is COc1c(Nc2ccc(S(C)(=O)=O)cc2F)ncnc1OC1C[C@H]2COC[C@@H](C1)N2CCC(F)(F)F. The number of fused-ring (bicyclic) bond motifs is 2. The minimum absolute atomic E-state index is 0.0324. The molecule has 2 fully saturated rings. The topological polar surface area (TPSA) is 103 Å². The number of aromatic nitrogens is 2. The summed E-state index contributed by atoms with van der Waals surface area (Å²) >= 11 is 0. The van der Waals surface area contributed by atoms with Crippen LogP contribution in [0, 0.1) is 5.82 Å². The Balaban J connectivity index is 1.49. The van der Waals surface area contributed by atoms with Crippen LogP contribution in [0.15, 0.2) is 29.4 Å². The Morgan fingerprint density at radius 3 is 2.47 bits per heavy atom. The highest BCUT2D eigenvalue weighted by Gasteiger charge is 2.42. The minimum atomic E-state index is -4.23. The van der Waals surface area contributed by atoms with Gasteiger partial charge < -0.3 is 19.5 Å². The van der Waals surface area contributed by atoms with Crippen molar-refractivity contribution in [1.29, 1.82) is 0 Å². The molecule has 0 saturated carbocycles. The number of sulfone groups is 1. The third-order valence-corrected chi connectivity index (χ3v) is 7.27. The summed E-state index contributed by atoms with van der Waals surface area (Å²) in [6.07, 6.45) is -2.42. The van der Waals surface area contributed by atoms with E-state index in [1.807, 2.05) is 4.90 Å². The van der Waals surface area contributed by atoms with Gasteiger partial charge in [0.15, 0.2) is 15.7 Å². The maximum atomic E-state index is 14.6. The Kier molecular flexibility index (Phi) is 7.57. The van der Waals surface area contributed by atoms with Gasteiger partial charge in [0.1, 0.15) is 18.2 Å². The number of nitrogens with zero attached hydrogens (tertiary/aromatic N) is 3. The molecule has 3 heterocycles. The smallest absolute Gasteiger partial charge is 0.390 e. The lowest BCUT2D eigenvalue weighted by Crippen LogP contribution is -2.59. The van der Waals surface area contributed by atoms with Crippen molar-refractivity contribution >= 4 is 21.3 Å². The number of anilines is 2. The number of nitrogens with one attached hydrogen (secondary N) is 1. The molecule has 198 valence electrons. The molecule has 2 bridgehead atoms. The standard InChI is InChI=1S/C22H26F4N4O5S/c1-33-19-20(29-18-4-3-16(9-17(18)23)36(2,31)32)27-12-28-21(19)35-15-7-13-10-34-11-14(8-15)30(13)6-5-22(24,25)26/h3-4,9,12-15H,5-8,10-11H2,1-2H3,(H,27,28,29)/t13-,14+,15?. The molecule has 0 amide bonds. The fourth-order valence-corrected chi connectivity index (χ4v) is 5.12. The van der Waals surface area contributed by atoms with Gasteiger partial charge in [0, 0.05) is 37.7 Å². The van der Waals surface area contributed by atoms with E-state index < -0.39 is 28.3 Å². The predicted octanol–water partition coefficient (Wildman–Crippen LogP) is 3.33. The molecule has 2 aliphatic rings. The molecule has 3 atom stereocenters. The maximum absolute atomic E-state index is 14.6. The van der Waals surface area contributed by atoms with Gasteiger partial charge in [-0.3, -0.25) is 4.90 Å². The van der Waals surface area contributed by atoms with Gasteiger partial charge in [-0.25, -0.2) is 17.8 Å². The number of halogens is 4. The number of morpholine rings is 1. The van der Waals surface area contributed by atoms with E-state index in [4.69, 9.17) is 14.2 Å². The summed E-state index contributed by atoms with van der Waals surface area (Å²) in [4.78, 5) is 9.88. The zero-order valence-corrected chi connectivity index (χ0v) is 20.4. The number of alkyl halides is 3. The summed E-state index contributed by atoms with van der Waals surface area (Å²) in [5.74, 6) is -0.513. The van der Waals surface area contributed by atoms with Crippen molar-refractivity contribution in [2.24, 2.45) is 0 Å². The lowest BCUT2D eigenvalue weighted by molar-refractivity contribution is -0.154. The first-order valence-electron chi connectivity index (χ1n) is 11.2. The van der Waals surface area contributed by atoms with Crippen molar-refractivity contribution in [3.05, 3.63) is 30.3 Å². The molecule has 1 N–H and O–H groups in total. The molecule has 2 saturated heterocycles. The maximum Gasteiger partial charge on any atom is 0.390 e. The third kappa shape index (κ3) is 6.16. The zero-order chi connectivity index (χ0) is 26.1. The Labute approximate surface area is 205 Å². The first kappa shape index (κ1) is 26.4. The number of piperidine rings is 1. The van der Waals surface area contributed by atoms with E-state index in [0.717, 1.165) is 12.3 Å². The van der Waals surface area contributed by atoms with Crippen LogP contribution in [0.3, 0.4) is 0 Å². The molecule has 1 aromatic heterocycles. The van der Waals surface area contributed by atoms with Crippen molar-refractivity contribution in [3.63, 3.8) is 0 Å². The highest BCUT2D eigenvalue weighted by atomic mass is 32.2. The van der Waals surface area contributed by atoms with Gasteiger partial charge in [0.25, 0.3) is 5.88 Å². The van der Waals surface area contributed by atoms with Gasteiger partial charge >= 0.3 is 6.18 Å². The third-order valence-electron chi connectivity index (χ3n) is 6.16. The van der Waals surface area contributed by atoms with Crippen LogP contribution in [0.1, 0.15) is 19.3 Å². The van der Waals surface area contributed by atoms with Crippen molar-refractivity contribution in [2.45, 2.75) is 48.5 Å². The molecule has 14 heteroatoms. The monoisotopic (exact) mass is 534 g/mol. The lowest BCUT2D eigenvalue weighted by Gasteiger charge is -2.48. The van der Waals surface area contributed by atoms with Crippen molar-refractivity contribution in [1.82, 2.24) is 14.9 Å². The van der Waals surface area contributed by atoms with Gasteiger partial charge in [-0.1, -0.05) is 0 Å². The fraction of sp³-hybridized carbons (Fsp3) is 0.545. The molecule has 36 heavy (non-hydrogen) atoms. The van der Waals surface area contributed by atoms with Crippen LogP contribution in [0.5, 0.6) is 11.6 Å². The number of hydrogen-bond donors (Lipinski definition) is 1. The van der Waals surface area contributed by atoms with E-state index in [0.29, 0.717) is 26.1 Å². The van der Waals surface area contributed by atoms with Crippen LogP contribution in [-0.4, -0.2) is 80.8 Å². The number of ether oxygens (including phenoxy) is 3. The summed E-state index contributed by atoms with van der Waals surface area (Å²) in [5, 5.41) is 2.77. The summed E-state index contributed by atoms with van der Waals surface area (Å²) in [6.45, 7) is 0.527. The van der Waals surface area contributed by atoms with Crippen LogP contribution in [0.25, 0.3) is 0 Å². The van der Waals surface area contributed by atoms with Crippen molar-refractivity contribution < 1.29 is 40.2 Å². The summed E-state index contributed by atoms with van der Waals surface area (Å²) in [6, 6.07) is 2.98. The van der Waals surface area contributed by atoms with Gasteiger partial charge in [-0.2, -0.15) is 18.2 Å². The summed E-state index contributed by atoms with van der Waals surface area (Å²) in [5.41, 5.74) is -0.0324. The summed E-state index contributed by atoms with van der Waals surface area (Å²) in [7, 11) is -2.22. The second-order valence-corrected chi connectivity index (χ2v) is 10.8. The normalized spacial score (nSPS) is 22.8. The zero-order valence-electron chi connectivity index (χ0n) is 19.6. The fourth-order valence-electron chi connectivity index (χ4n) is 4.48. The van der Waals surface area contributed by atoms with Gasteiger partial charge in [-0.05, 0) is 18.2 Å². The second kappa shape index (κ2) is 10.3. The largest absolute Gasteiger partial charge is 0.489 e. The molecular formula is C22H26F4N4O5S. The molecule has 1 aromatic carbocycles. The van der Waals surface area contributed by atoms with Crippen LogP contribution in [0.4, 0.5) is 29.1 Å². The number of methoxy groups -OCH3 is 1. The Morgan fingerprint density at radius 2 is 1.89 bits per heavy atom. The average Bonchev–Trinajstić information content (AvgIpc) is 2.78. The van der Waals surface area contributed by atoms with E-state index >= 15 is 0 Å². The van der Waals surface area contributed by atoms with Crippen molar-refractivity contribution in [3.8, 4) is 11.6 Å². The molecule has 9 nitrogen and oxygen atoms in total.